The van der Waals surface area contributed by atoms with Crippen LogP contribution in [0.2, 0.25) is 0 Å². The lowest BCUT2D eigenvalue weighted by molar-refractivity contribution is 0.382. The van der Waals surface area contributed by atoms with Gasteiger partial charge in [-0.2, -0.15) is 0 Å². The van der Waals surface area contributed by atoms with Gasteiger partial charge in [-0.05, 0) is 66.7 Å². The summed E-state index contributed by atoms with van der Waals surface area (Å²) in [6.07, 6.45) is 10.9. The van der Waals surface area contributed by atoms with Crippen LogP contribution in [0, 0.1) is 19.3 Å². The molecule has 0 saturated heterocycles. The van der Waals surface area contributed by atoms with E-state index in [-0.39, 0.29) is 5.41 Å². The molecule has 20 heavy (non-hydrogen) atoms. The first-order chi connectivity index (χ1) is 9.51. The van der Waals surface area contributed by atoms with Crippen LogP contribution in [-0.4, -0.2) is 12.6 Å². The molecular formula is C19H25N. The fraction of sp³-hybridized carbons (Fsp3) is 0.579. The molecule has 1 aromatic rings. The second-order valence-electron chi connectivity index (χ2n) is 7.20. The Hall–Kier alpha value is -1.26. The van der Waals surface area contributed by atoms with Crippen LogP contribution in [0.3, 0.4) is 0 Å². The highest BCUT2D eigenvalue weighted by Gasteiger charge is 2.33. The van der Waals surface area contributed by atoms with Crippen LogP contribution in [0.5, 0.6) is 0 Å². The van der Waals surface area contributed by atoms with E-state index in [1.165, 1.54) is 42.4 Å². The van der Waals surface area contributed by atoms with Crippen LogP contribution >= 0.6 is 0 Å². The van der Waals surface area contributed by atoms with Crippen molar-refractivity contribution in [2.24, 2.45) is 0 Å². The standard InChI is InChI=1S/C19H25N/c1-5-14-11-18-17(10-13(14)2)15(8-9-19(18,3)4)12-20-16-6-7-16/h1,10-11,15-16,20H,6-9,12H2,2-4H3. The summed E-state index contributed by atoms with van der Waals surface area (Å²) in [5, 5.41) is 3.70. The average Bonchev–Trinajstić information content (AvgIpc) is 3.21. The Morgan fingerprint density at radius 3 is 2.70 bits per heavy atom. The average molecular weight is 267 g/mol. The lowest BCUT2D eigenvalue weighted by Gasteiger charge is -2.38. The topological polar surface area (TPSA) is 12.0 Å². The predicted molar refractivity (Wildman–Crippen MR) is 85.1 cm³/mol. The first-order valence-corrected chi connectivity index (χ1v) is 7.86. The first-order valence-electron chi connectivity index (χ1n) is 7.86. The quantitative estimate of drug-likeness (QED) is 0.819. The van der Waals surface area contributed by atoms with Crippen molar-refractivity contribution in [1.29, 1.82) is 0 Å². The smallest absolute Gasteiger partial charge is 0.0274 e. The molecule has 3 rings (SSSR count). The van der Waals surface area contributed by atoms with Crippen LogP contribution in [0.15, 0.2) is 12.1 Å². The molecule has 0 aromatic heterocycles. The van der Waals surface area contributed by atoms with E-state index in [1.807, 2.05) is 0 Å². The Balaban J connectivity index is 1.95. The minimum Gasteiger partial charge on any atom is -0.313 e. The van der Waals surface area contributed by atoms with Gasteiger partial charge in [-0.1, -0.05) is 25.8 Å². The summed E-state index contributed by atoms with van der Waals surface area (Å²) in [5.41, 5.74) is 5.58. The van der Waals surface area contributed by atoms with E-state index in [0.717, 1.165) is 18.2 Å². The van der Waals surface area contributed by atoms with Gasteiger partial charge in [0.25, 0.3) is 0 Å². The lowest BCUT2D eigenvalue weighted by Crippen LogP contribution is -2.32. The van der Waals surface area contributed by atoms with E-state index in [0.29, 0.717) is 5.92 Å². The van der Waals surface area contributed by atoms with Crippen LogP contribution in [0.25, 0.3) is 0 Å². The van der Waals surface area contributed by atoms with Crippen molar-refractivity contribution in [1.82, 2.24) is 5.32 Å². The molecule has 0 heterocycles. The fourth-order valence-electron chi connectivity index (χ4n) is 3.44. The zero-order chi connectivity index (χ0) is 14.3. The Bertz CT molecular complexity index is 558. The summed E-state index contributed by atoms with van der Waals surface area (Å²) in [4.78, 5) is 0. The van der Waals surface area contributed by atoms with Crippen LogP contribution in [0.4, 0.5) is 0 Å². The molecule has 2 aliphatic carbocycles. The highest BCUT2D eigenvalue weighted by atomic mass is 14.9. The van der Waals surface area contributed by atoms with Crippen molar-refractivity contribution in [3.63, 3.8) is 0 Å². The molecule has 1 heteroatoms. The molecule has 0 radical (unpaired) electrons. The van der Waals surface area contributed by atoms with Gasteiger partial charge in [-0.25, -0.2) is 0 Å². The molecule has 106 valence electrons. The van der Waals surface area contributed by atoms with Gasteiger partial charge in [0.2, 0.25) is 0 Å². The first kappa shape index (κ1) is 13.7. The van der Waals surface area contributed by atoms with Gasteiger partial charge in [0.1, 0.15) is 0 Å². The van der Waals surface area contributed by atoms with Crippen molar-refractivity contribution < 1.29 is 0 Å². The number of nitrogens with one attached hydrogen (secondary N) is 1. The summed E-state index contributed by atoms with van der Waals surface area (Å²) in [7, 11) is 0. The van der Waals surface area contributed by atoms with Crippen molar-refractivity contribution in [2.45, 2.75) is 63.8 Å². The normalized spacial score (nSPS) is 24.0. The number of benzene rings is 1. The second kappa shape index (κ2) is 4.93. The molecule has 1 nitrogen and oxygen atoms in total. The molecule has 0 spiro atoms. The van der Waals surface area contributed by atoms with E-state index < -0.39 is 0 Å². The predicted octanol–water partition coefficient (Wildman–Crippen LogP) is 3.88. The van der Waals surface area contributed by atoms with Crippen molar-refractivity contribution in [3.8, 4) is 12.3 Å². The van der Waals surface area contributed by atoms with E-state index in [9.17, 15) is 0 Å². The highest BCUT2D eigenvalue weighted by Crippen LogP contribution is 2.43. The maximum Gasteiger partial charge on any atom is 0.0274 e. The molecular weight excluding hydrogens is 242 g/mol. The molecule has 1 aromatic carbocycles. The summed E-state index contributed by atoms with van der Waals surface area (Å²) < 4.78 is 0. The van der Waals surface area contributed by atoms with Gasteiger partial charge >= 0.3 is 0 Å². The van der Waals surface area contributed by atoms with Gasteiger partial charge in [-0.3, -0.25) is 0 Å². The minimum absolute atomic E-state index is 0.255. The number of aryl methyl sites for hydroxylation is 1. The summed E-state index contributed by atoms with van der Waals surface area (Å²) in [6.45, 7) is 7.98. The zero-order valence-electron chi connectivity index (χ0n) is 12.9. The summed E-state index contributed by atoms with van der Waals surface area (Å²) in [5.74, 6) is 3.50. The lowest BCUT2D eigenvalue weighted by atomic mass is 9.68. The van der Waals surface area contributed by atoms with E-state index in [1.54, 1.807) is 0 Å². The van der Waals surface area contributed by atoms with Crippen LogP contribution in [-0.2, 0) is 5.41 Å². The molecule has 1 unspecified atom stereocenters. The number of fused-ring (bicyclic) bond motifs is 1. The number of hydrogen-bond acceptors (Lipinski definition) is 1. The third-order valence-electron chi connectivity index (χ3n) is 5.07. The number of rotatable bonds is 3. The van der Waals surface area contributed by atoms with Gasteiger partial charge in [0.05, 0.1) is 0 Å². The third-order valence-corrected chi connectivity index (χ3v) is 5.07. The molecule has 2 aliphatic rings. The maximum atomic E-state index is 5.65. The number of terminal acetylenes is 1. The van der Waals surface area contributed by atoms with Gasteiger partial charge < -0.3 is 5.32 Å². The Kier molecular flexibility index (Phi) is 3.38. The largest absolute Gasteiger partial charge is 0.313 e. The molecule has 1 N–H and O–H groups in total. The van der Waals surface area contributed by atoms with Crippen LogP contribution in [0.1, 0.15) is 67.7 Å². The second-order valence-corrected chi connectivity index (χ2v) is 7.20. The Morgan fingerprint density at radius 1 is 1.30 bits per heavy atom. The SMILES string of the molecule is C#Cc1cc2c(cc1C)C(CNC1CC1)CCC2(C)C. The minimum atomic E-state index is 0.255. The Morgan fingerprint density at radius 2 is 2.05 bits per heavy atom. The van der Waals surface area contributed by atoms with E-state index in [4.69, 9.17) is 6.42 Å². The summed E-state index contributed by atoms with van der Waals surface area (Å²) in [6, 6.07) is 5.41. The molecule has 1 atom stereocenters. The highest BCUT2D eigenvalue weighted by molar-refractivity contribution is 5.50. The zero-order valence-corrected chi connectivity index (χ0v) is 12.9. The van der Waals surface area contributed by atoms with Crippen molar-refractivity contribution in [2.75, 3.05) is 6.54 Å². The molecule has 1 saturated carbocycles. The fourth-order valence-corrected chi connectivity index (χ4v) is 3.44. The molecule has 0 aliphatic heterocycles. The number of hydrogen-bond donors (Lipinski definition) is 1. The van der Waals surface area contributed by atoms with Gasteiger partial charge in [0.15, 0.2) is 0 Å². The molecule has 0 amide bonds. The third kappa shape index (κ3) is 2.50. The monoisotopic (exact) mass is 267 g/mol. The Labute approximate surface area is 123 Å². The van der Waals surface area contributed by atoms with Gasteiger partial charge in [0, 0.05) is 18.2 Å². The van der Waals surface area contributed by atoms with Crippen molar-refractivity contribution in [3.05, 3.63) is 34.4 Å². The van der Waals surface area contributed by atoms with E-state index >= 15 is 0 Å². The van der Waals surface area contributed by atoms with E-state index in [2.05, 4.69) is 44.1 Å². The van der Waals surface area contributed by atoms with Crippen LogP contribution < -0.4 is 5.32 Å². The van der Waals surface area contributed by atoms with Crippen molar-refractivity contribution >= 4 is 0 Å². The molecule has 1 fully saturated rings. The molecule has 0 bridgehead atoms. The summed E-state index contributed by atoms with van der Waals surface area (Å²) >= 11 is 0. The van der Waals surface area contributed by atoms with Gasteiger partial charge in [-0.15, -0.1) is 6.42 Å². The maximum absolute atomic E-state index is 5.65.